The van der Waals surface area contributed by atoms with Crippen molar-refractivity contribution in [3.8, 4) is 5.75 Å². The molecule has 30 heavy (non-hydrogen) atoms. The third-order valence-corrected chi connectivity index (χ3v) is 5.49. The van der Waals surface area contributed by atoms with E-state index < -0.39 is 0 Å². The molecular weight excluding hydrogens is 400 g/mol. The van der Waals surface area contributed by atoms with E-state index in [9.17, 15) is 0 Å². The van der Waals surface area contributed by atoms with Crippen LogP contribution in [0.15, 0.2) is 55.1 Å². The lowest BCUT2D eigenvalue weighted by Crippen LogP contribution is -2.03. The van der Waals surface area contributed by atoms with Crippen molar-refractivity contribution in [1.82, 2.24) is 29.1 Å². The van der Waals surface area contributed by atoms with Gasteiger partial charge in [-0.25, -0.2) is 14.5 Å². The molecule has 4 heterocycles. The van der Waals surface area contributed by atoms with Crippen molar-refractivity contribution >= 4 is 28.3 Å². The van der Waals surface area contributed by atoms with E-state index in [1.165, 1.54) is 0 Å². The van der Waals surface area contributed by atoms with Crippen molar-refractivity contribution in [3.05, 3.63) is 82.8 Å². The highest BCUT2D eigenvalue weighted by atomic mass is 35.5. The first kappa shape index (κ1) is 18.6. The largest absolute Gasteiger partial charge is 0.486 e. The lowest BCUT2D eigenvalue weighted by atomic mass is 10.2. The lowest BCUT2D eigenvalue weighted by Gasteiger charge is -2.07. The van der Waals surface area contributed by atoms with Crippen molar-refractivity contribution < 1.29 is 4.74 Å². The molecule has 1 aromatic carbocycles. The molecule has 0 aliphatic heterocycles. The molecule has 0 atom stereocenters. The number of halogens is 1. The third-order valence-electron chi connectivity index (χ3n) is 5.24. The van der Waals surface area contributed by atoms with E-state index in [1.54, 1.807) is 29.2 Å². The quantitative estimate of drug-likeness (QED) is 0.424. The molecule has 0 unspecified atom stereocenters. The number of nitrogens with zero attached hydrogens (tertiary/aromatic N) is 6. The van der Waals surface area contributed by atoms with Gasteiger partial charge in [0.05, 0.1) is 11.9 Å². The topological polar surface area (TPSA) is 70.1 Å². The minimum atomic E-state index is 0.263. The lowest BCUT2D eigenvalue weighted by molar-refractivity contribution is 0.296. The number of aromatic nitrogens is 6. The summed E-state index contributed by atoms with van der Waals surface area (Å²) < 4.78 is 9.70. The van der Waals surface area contributed by atoms with Crippen LogP contribution < -0.4 is 4.74 Å². The van der Waals surface area contributed by atoms with Crippen LogP contribution in [0.5, 0.6) is 5.75 Å². The van der Waals surface area contributed by atoms with Crippen molar-refractivity contribution in [3.63, 3.8) is 0 Å². The number of pyridine rings is 1. The summed E-state index contributed by atoms with van der Waals surface area (Å²) >= 11 is 5.92. The molecule has 0 spiro atoms. The van der Waals surface area contributed by atoms with Crippen LogP contribution in [0.4, 0.5) is 0 Å². The van der Waals surface area contributed by atoms with E-state index in [0.717, 1.165) is 39.3 Å². The van der Waals surface area contributed by atoms with Gasteiger partial charge in [-0.3, -0.25) is 4.98 Å². The molecule has 0 radical (unpaired) electrons. The van der Waals surface area contributed by atoms with Crippen molar-refractivity contribution in [2.45, 2.75) is 27.0 Å². The predicted octanol–water partition coefficient (Wildman–Crippen LogP) is 4.37. The van der Waals surface area contributed by atoms with Crippen molar-refractivity contribution in [2.24, 2.45) is 0 Å². The highest BCUT2D eigenvalue weighted by Crippen LogP contribution is 2.27. The Morgan fingerprint density at radius 1 is 1.07 bits per heavy atom. The van der Waals surface area contributed by atoms with Gasteiger partial charge in [0, 0.05) is 23.1 Å². The Balaban J connectivity index is 1.51. The summed E-state index contributed by atoms with van der Waals surface area (Å²) in [4.78, 5) is 13.6. The molecule has 0 saturated carbocycles. The number of ether oxygens (including phenoxy) is 1. The molecule has 0 fully saturated rings. The number of benzene rings is 1. The fourth-order valence-corrected chi connectivity index (χ4v) is 3.71. The molecule has 0 saturated heterocycles. The van der Waals surface area contributed by atoms with Gasteiger partial charge >= 0.3 is 0 Å². The Morgan fingerprint density at radius 2 is 1.90 bits per heavy atom. The summed E-state index contributed by atoms with van der Waals surface area (Å²) in [5.41, 5.74) is 5.08. The predicted molar refractivity (Wildman–Crippen MR) is 115 cm³/mol. The first-order chi connectivity index (χ1) is 14.6. The fourth-order valence-electron chi connectivity index (χ4n) is 3.58. The van der Waals surface area contributed by atoms with Crippen LogP contribution in [-0.4, -0.2) is 29.1 Å². The van der Waals surface area contributed by atoms with Gasteiger partial charge in [-0.1, -0.05) is 17.7 Å². The third kappa shape index (κ3) is 3.27. The summed E-state index contributed by atoms with van der Waals surface area (Å²) in [5, 5.41) is 6.21. The smallest absolute Gasteiger partial charge is 0.189 e. The number of hydrogen-bond donors (Lipinski definition) is 0. The summed E-state index contributed by atoms with van der Waals surface area (Å²) in [7, 11) is 0. The molecule has 5 rings (SSSR count). The molecule has 150 valence electrons. The second kappa shape index (κ2) is 7.42. The van der Waals surface area contributed by atoms with Crippen LogP contribution in [0.3, 0.4) is 0 Å². The second-order valence-electron chi connectivity index (χ2n) is 7.14. The molecular formula is C22H19ClN6O. The number of fused-ring (bicyclic) bond motifs is 3. The Bertz CT molecular complexity index is 1340. The number of rotatable bonds is 5. The molecule has 5 aromatic rings. The van der Waals surface area contributed by atoms with Crippen LogP contribution in [-0.2, 0) is 13.2 Å². The van der Waals surface area contributed by atoms with Crippen LogP contribution >= 0.6 is 11.6 Å². The Morgan fingerprint density at radius 3 is 2.67 bits per heavy atom. The van der Waals surface area contributed by atoms with Gasteiger partial charge in [0.15, 0.2) is 11.5 Å². The molecule has 8 heteroatoms. The molecule has 0 amide bonds. The Labute approximate surface area is 177 Å². The maximum Gasteiger partial charge on any atom is 0.189 e. The molecule has 0 N–H and O–H groups in total. The Hall–Kier alpha value is -3.45. The molecule has 0 aliphatic carbocycles. The second-order valence-corrected chi connectivity index (χ2v) is 7.58. The standard InChI is InChI=1S/C22H19ClN6O/c1-14-15(2)28(11-16-4-3-9-24-10-16)21-20(14)22-26-19(27-29(22)13-25-21)12-30-18-7-5-17(23)6-8-18/h3-10,13H,11-12H2,1-2H3. The van der Waals surface area contributed by atoms with Gasteiger partial charge in [-0.05, 0) is 55.3 Å². The van der Waals surface area contributed by atoms with Gasteiger partial charge in [-0.15, -0.1) is 5.10 Å². The number of hydrogen-bond acceptors (Lipinski definition) is 5. The molecule has 0 bridgehead atoms. The average molecular weight is 419 g/mol. The van der Waals surface area contributed by atoms with Gasteiger partial charge in [0.1, 0.15) is 24.3 Å². The molecule has 4 aromatic heterocycles. The van der Waals surface area contributed by atoms with E-state index in [4.69, 9.17) is 21.3 Å². The Kier molecular flexibility index (Phi) is 4.59. The maximum atomic E-state index is 5.92. The molecule has 0 aliphatic rings. The monoisotopic (exact) mass is 418 g/mol. The first-order valence-electron chi connectivity index (χ1n) is 9.57. The molecule has 7 nitrogen and oxygen atoms in total. The van der Waals surface area contributed by atoms with Crippen LogP contribution in [0.2, 0.25) is 5.02 Å². The highest BCUT2D eigenvalue weighted by Gasteiger charge is 2.18. The van der Waals surface area contributed by atoms with Crippen molar-refractivity contribution in [2.75, 3.05) is 0 Å². The van der Waals surface area contributed by atoms with E-state index in [1.807, 2.05) is 24.4 Å². The van der Waals surface area contributed by atoms with Gasteiger partial charge in [0.25, 0.3) is 0 Å². The normalized spacial score (nSPS) is 11.4. The van der Waals surface area contributed by atoms with Crippen molar-refractivity contribution in [1.29, 1.82) is 0 Å². The van der Waals surface area contributed by atoms with Crippen LogP contribution in [0.1, 0.15) is 22.6 Å². The minimum Gasteiger partial charge on any atom is -0.486 e. The summed E-state index contributed by atoms with van der Waals surface area (Å²) in [6.45, 7) is 5.16. The van der Waals surface area contributed by atoms with E-state index in [2.05, 4.69) is 39.5 Å². The summed E-state index contributed by atoms with van der Waals surface area (Å²) in [6.07, 6.45) is 5.36. The highest BCUT2D eigenvalue weighted by molar-refractivity contribution is 6.30. The fraction of sp³-hybridized carbons (Fsp3) is 0.182. The van der Waals surface area contributed by atoms with Gasteiger partial charge in [-0.2, -0.15) is 0 Å². The average Bonchev–Trinajstić information content (AvgIpc) is 3.28. The van der Waals surface area contributed by atoms with Gasteiger partial charge < -0.3 is 9.30 Å². The van der Waals surface area contributed by atoms with Crippen LogP contribution in [0, 0.1) is 13.8 Å². The summed E-state index contributed by atoms with van der Waals surface area (Å²) in [5.74, 6) is 1.31. The zero-order chi connectivity index (χ0) is 20.7. The maximum absolute atomic E-state index is 5.92. The number of aryl methyl sites for hydroxylation is 1. The van der Waals surface area contributed by atoms with E-state index >= 15 is 0 Å². The van der Waals surface area contributed by atoms with E-state index in [-0.39, 0.29) is 6.61 Å². The summed E-state index contributed by atoms with van der Waals surface area (Å²) in [6, 6.07) is 11.2. The minimum absolute atomic E-state index is 0.263. The van der Waals surface area contributed by atoms with Crippen LogP contribution in [0.25, 0.3) is 16.7 Å². The first-order valence-corrected chi connectivity index (χ1v) is 9.95. The zero-order valence-corrected chi connectivity index (χ0v) is 17.3. The van der Waals surface area contributed by atoms with Gasteiger partial charge in [0.2, 0.25) is 0 Å². The van der Waals surface area contributed by atoms with E-state index in [0.29, 0.717) is 17.4 Å². The SMILES string of the molecule is Cc1c(C)n(Cc2cccnc2)c2ncn3nc(COc4ccc(Cl)cc4)nc3c12. The zero-order valence-electron chi connectivity index (χ0n) is 16.6.